The normalized spacial score (nSPS) is 12.2. The number of anilines is 1. The first-order chi connectivity index (χ1) is 7.91. The van der Waals surface area contributed by atoms with Gasteiger partial charge in [-0.15, -0.1) is 0 Å². The summed E-state index contributed by atoms with van der Waals surface area (Å²) in [6.07, 6.45) is 0. The average molecular weight is 236 g/mol. The van der Waals surface area contributed by atoms with Gasteiger partial charge >= 0.3 is 5.97 Å². The summed E-state index contributed by atoms with van der Waals surface area (Å²) in [6.45, 7) is 3.48. The van der Waals surface area contributed by atoms with E-state index in [9.17, 15) is 9.59 Å². The van der Waals surface area contributed by atoms with Gasteiger partial charge in [-0.2, -0.15) is 0 Å². The molecule has 1 atom stereocenters. The Morgan fingerprint density at radius 1 is 1.24 bits per heavy atom. The van der Waals surface area contributed by atoms with Crippen molar-refractivity contribution in [2.75, 3.05) is 5.73 Å². The van der Waals surface area contributed by atoms with Crippen molar-refractivity contribution in [2.24, 2.45) is 5.92 Å². The lowest BCUT2D eigenvalue weighted by molar-refractivity contribution is -0.140. The second kappa shape index (κ2) is 5.34. The molecule has 0 aromatic heterocycles. The molecule has 5 heteroatoms. The molecular formula is C12H16N2O3. The Morgan fingerprint density at radius 2 is 1.76 bits per heavy atom. The summed E-state index contributed by atoms with van der Waals surface area (Å²) in [5, 5.41) is 11.4. The van der Waals surface area contributed by atoms with Crippen molar-refractivity contribution in [1.29, 1.82) is 0 Å². The van der Waals surface area contributed by atoms with Gasteiger partial charge in [0, 0.05) is 11.3 Å². The van der Waals surface area contributed by atoms with Gasteiger partial charge in [-0.25, -0.2) is 4.79 Å². The number of hydrogen-bond acceptors (Lipinski definition) is 3. The van der Waals surface area contributed by atoms with Crippen molar-refractivity contribution in [3.8, 4) is 0 Å². The molecule has 0 aliphatic carbocycles. The molecule has 4 N–H and O–H groups in total. The fraction of sp³-hybridized carbons (Fsp3) is 0.333. The summed E-state index contributed by atoms with van der Waals surface area (Å²) >= 11 is 0. The molecule has 0 saturated carbocycles. The van der Waals surface area contributed by atoms with Crippen molar-refractivity contribution in [1.82, 2.24) is 5.32 Å². The van der Waals surface area contributed by atoms with Gasteiger partial charge in [0.05, 0.1) is 0 Å². The van der Waals surface area contributed by atoms with Crippen LogP contribution in [-0.2, 0) is 4.79 Å². The van der Waals surface area contributed by atoms with Crippen molar-refractivity contribution >= 4 is 17.6 Å². The number of benzene rings is 1. The summed E-state index contributed by atoms with van der Waals surface area (Å²) in [4.78, 5) is 22.7. The predicted octanol–water partition coefficient (Wildman–Crippen LogP) is 1.11. The van der Waals surface area contributed by atoms with Crippen LogP contribution in [0.3, 0.4) is 0 Å². The minimum Gasteiger partial charge on any atom is -0.480 e. The van der Waals surface area contributed by atoms with Gasteiger partial charge in [-0.3, -0.25) is 4.79 Å². The smallest absolute Gasteiger partial charge is 0.326 e. The van der Waals surface area contributed by atoms with Crippen LogP contribution in [-0.4, -0.2) is 23.0 Å². The minimum atomic E-state index is -1.04. The van der Waals surface area contributed by atoms with E-state index in [0.29, 0.717) is 11.3 Å². The zero-order valence-corrected chi connectivity index (χ0v) is 9.81. The molecule has 1 rings (SSSR count). The van der Waals surface area contributed by atoms with Crippen LogP contribution in [0.25, 0.3) is 0 Å². The van der Waals surface area contributed by atoms with Crippen LogP contribution < -0.4 is 11.1 Å². The van der Waals surface area contributed by atoms with Crippen molar-refractivity contribution in [2.45, 2.75) is 19.9 Å². The van der Waals surface area contributed by atoms with Gasteiger partial charge < -0.3 is 16.2 Å². The summed E-state index contributed by atoms with van der Waals surface area (Å²) in [5.41, 5.74) is 6.45. The number of carboxylic acids is 1. The first kappa shape index (κ1) is 13.0. The van der Waals surface area contributed by atoms with Gasteiger partial charge in [-0.1, -0.05) is 13.8 Å². The Balaban J connectivity index is 2.77. The third kappa shape index (κ3) is 3.48. The quantitative estimate of drug-likeness (QED) is 0.683. The van der Waals surface area contributed by atoms with E-state index < -0.39 is 17.9 Å². The summed E-state index contributed by atoms with van der Waals surface area (Å²) in [6, 6.07) is 5.42. The molecule has 5 nitrogen and oxygen atoms in total. The topological polar surface area (TPSA) is 92.4 Å². The van der Waals surface area contributed by atoms with Gasteiger partial charge in [0.1, 0.15) is 6.04 Å². The molecule has 0 unspecified atom stereocenters. The van der Waals surface area contributed by atoms with E-state index in [4.69, 9.17) is 10.8 Å². The third-order valence-corrected chi connectivity index (χ3v) is 2.39. The number of carboxylic acid groups (broad SMARTS) is 1. The highest BCUT2D eigenvalue weighted by Gasteiger charge is 2.23. The van der Waals surface area contributed by atoms with Crippen molar-refractivity contribution in [3.63, 3.8) is 0 Å². The molecule has 0 aliphatic heterocycles. The predicted molar refractivity (Wildman–Crippen MR) is 64.6 cm³/mol. The van der Waals surface area contributed by atoms with E-state index in [-0.39, 0.29) is 5.92 Å². The first-order valence-corrected chi connectivity index (χ1v) is 5.31. The van der Waals surface area contributed by atoms with E-state index >= 15 is 0 Å². The number of nitrogens with one attached hydrogen (secondary N) is 1. The molecular weight excluding hydrogens is 220 g/mol. The molecule has 17 heavy (non-hydrogen) atoms. The van der Waals surface area contributed by atoms with Gasteiger partial charge in [0.25, 0.3) is 5.91 Å². The summed E-state index contributed by atoms with van der Waals surface area (Å²) in [5.74, 6) is -1.62. The number of carbonyl (C=O) groups excluding carboxylic acids is 1. The van der Waals surface area contributed by atoms with Crippen LogP contribution in [0.15, 0.2) is 24.3 Å². The monoisotopic (exact) mass is 236 g/mol. The lowest BCUT2D eigenvalue weighted by atomic mass is 10.0. The molecule has 92 valence electrons. The number of amides is 1. The van der Waals surface area contributed by atoms with Crippen LogP contribution in [0.5, 0.6) is 0 Å². The fourth-order valence-electron chi connectivity index (χ4n) is 1.37. The van der Waals surface area contributed by atoms with Crippen molar-refractivity contribution in [3.05, 3.63) is 29.8 Å². The number of carbonyl (C=O) groups is 2. The Hall–Kier alpha value is -2.04. The van der Waals surface area contributed by atoms with E-state index in [0.717, 1.165) is 0 Å². The Bertz CT molecular complexity index is 412. The maximum Gasteiger partial charge on any atom is 0.326 e. The Kier molecular flexibility index (Phi) is 4.09. The minimum absolute atomic E-state index is 0.176. The number of nitrogens with two attached hydrogens (primary N) is 1. The third-order valence-electron chi connectivity index (χ3n) is 2.39. The number of hydrogen-bond donors (Lipinski definition) is 3. The molecule has 0 radical (unpaired) electrons. The number of aliphatic carboxylic acids is 1. The molecule has 0 heterocycles. The highest BCUT2D eigenvalue weighted by molar-refractivity contribution is 5.96. The lowest BCUT2D eigenvalue weighted by Gasteiger charge is -2.17. The molecule has 1 aromatic carbocycles. The zero-order valence-electron chi connectivity index (χ0n) is 9.81. The van der Waals surface area contributed by atoms with Gasteiger partial charge in [0.15, 0.2) is 0 Å². The summed E-state index contributed by atoms with van der Waals surface area (Å²) < 4.78 is 0. The fourth-order valence-corrected chi connectivity index (χ4v) is 1.37. The summed E-state index contributed by atoms with van der Waals surface area (Å²) in [7, 11) is 0. The highest BCUT2D eigenvalue weighted by atomic mass is 16.4. The average Bonchev–Trinajstić information content (AvgIpc) is 2.25. The van der Waals surface area contributed by atoms with E-state index in [1.54, 1.807) is 38.1 Å². The first-order valence-electron chi connectivity index (χ1n) is 5.31. The molecule has 0 spiro atoms. The van der Waals surface area contributed by atoms with Crippen LogP contribution in [0.2, 0.25) is 0 Å². The maximum atomic E-state index is 11.8. The van der Waals surface area contributed by atoms with E-state index in [2.05, 4.69) is 5.32 Å². The molecule has 0 fully saturated rings. The Labute approximate surface area is 99.6 Å². The van der Waals surface area contributed by atoms with Crippen LogP contribution in [0.4, 0.5) is 5.69 Å². The van der Waals surface area contributed by atoms with Crippen LogP contribution >= 0.6 is 0 Å². The molecule has 0 aliphatic rings. The van der Waals surface area contributed by atoms with E-state index in [1.807, 2.05) is 0 Å². The molecule has 1 aromatic rings. The maximum absolute atomic E-state index is 11.8. The highest BCUT2D eigenvalue weighted by Crippen LogP contribution is 2.07. The molecule has 1 amide bonds. The zero-order chi connectivity index (χ0) is 13.0. The second-order valence-corrected chi connectivity index (χ2v) is 4.16. The largest absolute Gasteiger partial charge is 0.480 e. The molecule has 0 saturated heterocycles. The van der Waals surface area contributed by atoms with E-state index in [1.165, 1.54) is 0 Å². The van der Waals surface area contributed by atoms with Crippen LogP contribution in [0.1, 0.15) is 24.2 Å². The van der Waals surface area contributed by atoms with Crippen molar-refractivity contribution < 1.29 is 14.7 Å². The molecule has 0 bridgehead atoms. The lowest BCUT2D eigenvalue weighted by Crippen LogP contribution is -2.44. The van der Waals surface area contributed by atoms with Gasteiger partial charge in [-0.05, 0) is 30.2 Å². The van der Waals surface area contributed by atoms with Gasteiger partial charge in [0.2, 0.25) is 0 Å². The second-order valence-electron chi connectivity index (χ2n) is 4.16. The van der Waals surface area contributed by atoms with Crippen LogP contribution in [0, 0.1) is 5.92 Å². The SMILES string of the molecule is CC(C)[C@@H](NC(=O)c1ccc(N)cc1)C(=O)O. The Morgan fingerprint density at radius 3 is 2.18 bits per heavy atom. The standard InChI is InChI=1S/C12H16N2O3/c1-7(2)10(12(16)17)14-11(15)8-3-5-9(13)6-4-8/h3-7,10H,13H2,1-2H3,(H,14,15)(H,16,17)/t10-/m1/s1. The number of nitrogen functional groups attached to an aromatic ring is 1. The number of rotatable bonds is 4.